The van der Waals surface area contributed by atoms with E-state index in [0.717, 1.165) is 4.90 Å². The fourth-order valence-corrected chi connectivity index (χ4v) is 0.550. The number of hydrogen-bond acceptors (Lipinski definition) is 3. The molecule has 60 valence electrons. The number of phosphoric ester groups is 1. The van der Waals surface area contributed by atoms with E-state index in [4.69, 9.17) is 9.79 Å². The molecule has 0 fully saturated rings. The van der Waals surface area contributed by atoms with Gasteiger partial charge in [0.15, 0.2) is 0 Å². The molecule has 0 aromatic carbocycles. The SMILES string of the molecule is CN(C)C(=O)OP(=O)(O)O. The first-order valence-corrected chi connectivity index (χ1v) is 3.82. The molecule has 6 nitrogen and oxygen atoms in total. The van der Waals surface area contributed by atoms with Gasteiger partial charge in [0.05, 0.1) is 0 Å². The molecule has 0 spiro atoms. The van der Waals surface area contributed by atoms with Crippen molar-refractivity contribution in [3.63, 3.8) is 0 Å². The molecule has 0 saturated heterocycles. The Hall–Kier alpha value is -0.580. The molecule has 0 unspecified atom stereocenters. The molecule has 0 aromatic heterocycles. The van der Waals surface area contributed by atoms with Gasteiger partial charge in [0.25, 0.3) is 0 Å². The van der Waals surface area contributed by atoms with Crippen LogP contribution in [-0.4, -0.2) is 34.9 Å². The molecule has 0 aliphatic rings. The molecule has 0 radical (unpaired) electrons. The Balaban J connectivity index is 3.94. The number of nitrogens with zero attached hydrogens (tertiary/aromatic N) is 1. The van der Waals surface area contributed by atoms with E-state index in [1.807, 2.05) is 0 Å². The highest BCUT2D eigenvalue weighted by Gasteiger charge is 2.21. The minimum absolute atomic E-state index is 0.916. The van der Waals surface area contributed by atoms with Gasteiger partial charge in [-0.25, -0.2) is 9.36 Å². The minimum atomic E-state index is -4.67. The van der Waals surface area contributed by atoms with Gasteiger partial charge in [-0.2, -0.15) is 0 Å². The Labute approximate surface area is 57.6 Å². The molecule has 0 bridgehead atoms. The number of carbonyl (C=O) groups is 1. The second kappa shape index (κ2) is 3.01. The van der Waals surface area contributed by atoms with Gasteiger partial charge in [0.2, 0.25) is 0 Å². The summed E-state index contributed by atoms with van der Waals surface area (Å²) in [6.07, 6.45) is -1.06. The first-order valence-electron chi connectivity index (χ1n) is 2.29. The van der Waals surface area contributed by atoms with Crippen molar-refractivity contribution < 1.29 is 23.7 Å². The quantitative estimate of drug-likeness (QED) is 0.529. The standard InChI is InChI=1S/C3H8NO5P/c1-4(2)3(5)9-10(6,7)8/h1-2H3,(H2,6,7,8). The van der Waals surface area contributed by atoms with Crippen LogP contribution in [0.1, 0.15) is 0 Å². The summed E-state index contributed by atoms with van der Waals surface area (Å²) in [4.78, 5) is 27.4. The molecule has 0 rings (SSSR count). The summed E-state index contributed by atoms with van der Waals surface area (Å²) in [5.74, 6) is 0. The van der Waals surface area contributed by atoms with Crippen molar-refractivity contribution in [2.45, 2.75) is 0 Å². The van der Waals surface area contributed by atoms with E-state index in [1.54, 1.807) is 0 Å². The molecule has 7 heteroatoms. The van der Waals surface area contributed by atoms with E-state index in [-0.39, 0.29) is 0 Å². The summed E-state index contributed by atoms with van der Waals surface area (Å²) < 4.78 is 13.6. The summed E-state index contributed by atoms with van der Waals surface area (Å²) in [7, 11) is -2.03. The highest BCUT2D eigenvalue weighted by Crippen LogP contribution is 2.36. The van der Waals surface area contributed by atoms with Crippen LogP contribution in [0.15, 0.2) is 0 Å². The maximum absolute atomic E-state index is 10.4. The summed E-state index contributed by atoms with van der Waals surface area (Å²) in [6.45, 7) is 0. The Morgan fingerprint density at radius 1 is 1.50 bits per heavy atom. The van der Waals surface area contributed by atoms with Crippen molar-refractivity contribution in [3.05, 3.63) is 0 Å². The van der Waals surface area contributed by atoms with Crippen LogP contribution in [0.4, 0.5) is 4.79 Å². The zero-order chi connectivity index (χ0) is 8.36. The van der Waals surface area contributed by atoms with Gasteiger partial charge in [-0.15, -0.1) is 0 Å². The molecule has 0 aliphatic carbocycles. The van der Waals surface area contributed by atoms with E-state index in [2.05, 4.69) is 4.52 Å². The molecule has 1 amide bonds. The second-order valence-corrected chi connectivity index (χ2v) is 2.91. The maximum atomic E-state index is 10.4. The van der Waals surface area contributed by atoms with Crippen LogP contribution in [-0.2, 0) is 9.09 Å². The first kappa shape index (κ1) is 9.42. The van der Waals surface area contributed by atoms with Crippen molar-refractivity contribution in [2.75, 3.05) is 14.1 Å². The molecule has 0 saturated carbocycles. The van der Waals surface area contributed by atoms with Crippen LogP contribution in [0, 0.1) is 0 Å². The lowest BCUT2D eigenvalue weighted by atomic mass is 10.9. The third-order valence-electron chi connectivity index (χ3n) is 0.562. The second-order valence-electron chi connectivity index (χ2n) is 1.74. The van der Waals surface area contributed by atoms with Crippen molar-refractivity contribution in [1.82, 2.24) is 4.90 Å². The number of phosphoric acid groups is 1. The van der Waals surface area contributed by atoms with Crippen LogP contribution < -0.4 is 0 Å². The van der Waals surface area contributed by atoms with Crippen molar-refractivity contribution in [1.29, 1.82) is 0 Å². The van der Waals surface area contributed by atoms with E-state index < -0.39 is 13.9 Å². The molecule has 0 atom stereocenters. The van der Waals surface area contributed by atoms with Crippen molar-refractivity contribution in [2.24, 2.45) is 0 Å². The Morgan fingerprint density at radius 2 is 1.90 bits per heavy atom. The van der Waals surface area contributed by atoms with Gasteiger partial charge in [-0.05, 0) is 0 Å². The average molecular weight is 169 g/mol. The zero-order valence-corrected chi connectivity index (χ0v) is 6.41. The lowest BCUT2D eigenvalue weighted by Gasteiger charge is -2.10. The molecule has 0 heterocycles. The van der Waals surface area contributed by atoms with E-state index in [1.165, 1.54) is 14.1 Å². The molecule has 2 N–H and O–H groups in total. The Morgan fingerprint density at radius 3 is 2.00 bits per heavy atom. The third-order valence-corrected chi connectivity index (χ3v) is 0.956. The van der Waals surface area contributed by atoms with Gasteiger partial charge < -0.3 is 9.42 Å². The van der Waals surface area contributed by atoms with Crippen LogP contribution in [0.25, 0.3) is 0 Å². The first-order chi connectivity index (χ1) is 4.33. The fraction of sp³-hybridized carbons (Fsp3) is 0.667. The fourth-order valence-electron chi connectivity index (χ4n) is 0.183. The highest BCUT2D eigenvalue weighted by atomic mass is 31.2. The number of carbonyl (C=O) groups excluding carboxylic acids is 1. The van der Waals surface area contributed by atoms with Crippen molar-refractivity contribution >= 4 is 13.9 Å². The summed E-state index contributed by atoms with van der Waals surface area (Å²) in [5.41, 5.74) is 0. The minimum Gasteiger partial charge on any atom is -0.354 e. The summed E-state index contributed by atoms with van der Waals surface area (Å²) >= 11 is 0. The maximum Gasteiger partial charge on any atom is 0.528 e. The molecular weight excluding hydrogens is 161 g/mol. The predicted molar refractivity (Wildman–Crippen MR) is 32.2 cm³/mol. The monoisotopic (exact) mass is 169 g/mol. The summed E-state index contributed by atoms with van der Waals surface area (Å²) in [5, 5.41) is 0. The highest BCUT2D eigenvalue weighted by molar-refractivity contribution is 7.46. The average Bonchev–Trinajstić information content (AvgIpc) is 1.60. The van der Waals surface area contributed by atoms with Crippen LogP contribution >= 0.6 is 7.82 Å². The molecular formula is C3H8NO5P. The van der Waals surface area contributed by atoms with Crippen LogP contribution in [0.5, 0.6) is 0 Å². The van der Waals surface area contributed by atoms with Gasteiger partial charge in [0, 0.05) is 14.1 Å². The van der Waals surface area contributed by atoms with Gasteiger partial charge in [-0.1, -0.05) is 0 Å². The van der Waals surface area contributed by atoms with Gasteiger partial charge >= 0.3 is 13.9 Å². The van der Waals surface area contributed by atoms with E-state index in [9.17, 15) is 9.36 Å². The third kappa shape index (κ3) is 4.31. The molecule has 0 aromatic rings. The Kier molecular flexibility index (Phi) is 2.83. The number of rotatable bonds is 1. The smallest absolute Gasteiger partial charge is 0.354 e. The molecule has 10 heavy (non-hydrogen) atoms. The van der Waals surface area contributed by atoms with Crippen molar-refractivity contribution in [3.8, 4) is 0 Å². The lowest BCUT2D eigenvalue weighted by Crippen LogP contribution is -2.21. The van der Waals surface area contributed by atoms with Crippen LogP contribution in [0.2, 0.25) is 0 Å². The van der Waals surface area contributed by atoms with E-state index in [0.29, 0.717) is 0 Å². The normalized spacial score (nSPS) is 10.8. The zero-order valence-electron chi connectivity index (χ0n) is 5.51. The van der Waals surface area contributed by atoms with E-state index >= 15 is 0 Å². The van der Waals surface area contributed by atoms with Crippen LogP contribution in [0.3, 0.4) is 0 Å². The Bertz CT molecular complexity index is 172. The summed E-state index contributed by atoms with van der Waals surface area (Å²) in [6, 6.07) is 0. The predicted octanol–water partition coefficient (Wildman–Crippen LogP) is -0.223. The molecule has 0 aliphatic heterocycles. The van der Waals surface area contributed by atoms with Gasteiger partial charge in [-0.3, -0.25) is 9.79 Å². The van der Waals surface area contributed by atoms with Gasteiger partial charge in [0.1, 0.15) is 0 Å². The topological polar surface area (TPSA) is 87.1 Å². The number of hydrogen-bond donors (Lipinski definition) is 2. The lowest BCUT2D eigenvalue weighted by molar-refractivity contribution is 0.151. The number of amides is 1. The largest absolute Gasteiger partial charge is 0.528 e.